The van der Waals surface area contributed by atoms with Crippen molar-refractivity contribution in [1.29, 1.82) is 10.7 Å². The van der Waals surface area contributed by atoms with Crippen molar-refractivity contribution in [3.63, 3.8) is 0 Å². The van der Waals surface area contributed by atoms with Crippen LogP contribution in [0.2, 0.25) is 0 Å². The number of nitrogens with zero attached hydrogens (tertiary/aromatic N) is 4. The van der Waals surface area contributed by atoms with E-state index >= 15 is 0 Å². The van der Waals surface area contributed by atoms with Crippen LogP contribution >= 0.6 is 0 Å². The molecular formula is C28H31N7O. The molecule has 184 valence electrons. The molecule has 3 N–H and O–H groups in total. The van der Waals surface area contributed by atoms with E-state index in [2.05, 4.69) is 38.5 Å². The van der Waals surface area contributed by atoms with Crippen molar-refractivity contribution in [2.45, 2.75) is 19.8 Å². The lowest BCUT2D eigenvalue weighted by molar-refractivity contribution is 0.102. The number of nitriles is 1. The molecule has 3 aromatic rings. The van der Waals surface area contributed by atoms with Gasteiger partial charge in [0.25, 0.3) is 5.91 Å². The molecule has 0 unspecified atom stereocenters. The SMILES string of the molecule is CC(C)c1c(C#N)cccc1C(=O)Nc1ccc(C=N)c(Nc2ccnc(N3CCN(C)CC3)c2)c1. The van der Waals surface area contributed by atoms with Crippen LogP contribution in [0.15, 0.2) is 54.7 Å². The van der Waals surface area contributed by atoms with Gasteiger partial charge in [-0.1, -0.05) is 19.9 Å². The summed E-state index contributed by atoms with van der Waals surface area (Å²) in [6, 6.07) is 16.7. The normalized spacial score (nSPS) is 13.8. The maximum atomic E-state index is 13.2. The van der Waals surface area contributed by atoms with Gasteiger partial charge in [0.1, 0.15) is 5.82 Å². The van der Waals surface area contributed by atoms with E-state index in [1.54, 1.807) is 36.5 Å². The van der Waals surface area contributed by atoms with E-state index < -0.39 is 0 Å². The number of anilines is 4. The number of likely N-dealkylation sites (N-methyl/N-ethyl adjacent to an activating group) is 1. The lowest BCUT2D eigenvalue weighted by atomic mass is 9.92. The van der Waals surface area contributed by atoms with E-state index in [4.69, 9.17) is 5.41 Å². The number of carbonyl (C=O) groups is 1. The largest absolute Gasteiger partial charge is 0.355 e. The first kappa shape index (κ1) is 24.9. The highest BCUT2D eigenvalue weighted by molar-refractivity contribution is 6.06. The van der Waals surface area contributed by atoms with Gasteiger partial charge in [-0.25, -0.2) is 4.98 Å². The molecule has 0 atom stereocenters. The summed E-state index contributed by atoms with van der Waals surface area (Å²) in [6.07, 6.45) is 3.06. The summed E-state index contributed by atoms with van der Waals surface area (Å²) in [7, 11) is 2.12. The van der Waals surface area contributed by atoms with Crippen molar-refractivity contribution in [2.75, 3.05) is 48.8 Å². The van der Waals surface area contributed by atoms with Crippen LogP contribution in [-0.4, -0.2) is 55.2 Å². The minimum absolute atomic E-state index is 0.0281. The zero-order chi connectivity index (χ0) is 25.7. The Kier molecular flexibility index (Phi) is 7.62. The Morgan fingerprint density at radius 2 is 1.89 bits per heavy atom. The zero-order valence-corrected chi connectivity index (χ0v) is 20.9. The second-order valence-electron chi connectivity index (χ2n) is 9.25. The van der Waals surface area contributed by atoms with Crippen LogP contribution in [0.1, 0.15) is 46.8 Å². The Hall–Kier alpha value is -4.22. The van der Waals surface area contributed by atoms with Gasteiger partial charge in [-0.2, -0.15) is 5.26 Å². The number of pyridine rings is 1. The third-order valence-electron chi connectivity index (χ3n) is 6.37. The molecule has 8 nitrogen and oxygen atoms in total. The van der Waals surface area contributed by atoms with Crippen LogP contribution in [0.3, 0.4) is 0 Å². The molecule has 1 amide bonds. The van der Waals surface area contributed by atoms with Crippen molar-refractivity contribution >= 4 is 35.0 Å². The first-order valence-corrected chi connectivity index (χ1v) is 12.0. The number of benzene rings is 2. The fourth-order valence-electron chi connectivity index (χ4n) is 4.41. The highest BCUT2D eigenvalue weighted by Crippen LogP contribution is 2.28. The minimum Gasteiger partial charge on any atom is -0.355 e. The van der Waals surface area contributed by atoms with E-state index in [-0.39, 0.29) is 11.8 Å². The van der Waals surface area contributed by atoms with E-state index in [9.17, 15) is 10.1 Å². The third kappa shape index (κ3) is 5.53. The van der Waals surface area contributed by atoms with E-state index in [1.807, 2.05) is 32.0 Å². The molecule has 0 bridgehead atoms. The number of hydrogen-bond acceptors (Lipinski definition) is 7. The lowest BCUT2D eigenvalue weighted by Gasteiger charge is -2.33. The number of piperazine rings is 1. The molecule has 8 heteroatoms. The molecule has 1 saturated heterocycles. The number of aromatic nitrogens is 1. The van der Waals surface area contributed by atoms with Crippen LogP contribution in [0.5, 0.6) is 0 Å². The molecule has 0 aliphatic carbocycles. The first-order chi connectivity index (χ1) is 17.4. The summed E-state index contributed by atoms with van der Waals surface area (Å²) in [6.45, 7) is 7.78. The summed E-state index contributed by atoms with van der Waals surface area (Å²) < 4.78 is 0. The molecule has 2 heterocycles. The van der Waals surface area contributed by atoms with Crippen molar-refractivity contribution in [3.8, 4) is 6.07 Å². The quantitative estimate of drug-likeness (QED) is 0.418. The van der Waals surface area contributed by atoms with Gasteiger partial charge in [0.2, 0.25) is 0 Å². The second kappa shape index (κ2) is 11.0. The van der Waals surface area contributed by atoms with E-state index in [0.717, 1.165) is 43.2 Å². The van der Waals surface area contributed by atoms with Gasteiger partial charge in [0, 0.05) is 72.8 Å². The molecular weight excluding hydrogens is 450 g/mol. The Morgan fingerprint density at radius 1 is 1.11 bits per heavy atom. The van der Waals surface area contributed by atoms with Crippen molar-refractivity contribution in [2.24, 2.45) is 0 Å². The van der Waals surface area contributed by atoms with Crippen molar-refractivity contribution < 1.29 is 4.79 Å². The van der Waals surface area contributed by atoms with Crippen molar-refractivity contribution in [1.82, 2.24) is 9.88 Å². The highest BCUT2D eigenvalue weighted by atomic mass is 16.1. The summed E-state index contributed by atoms with van der Waals surface area (Å²) in [5.41, 5.74) is 4.58. The minimum atomic E-state index is -0.273. The molecule has 1 fully saturated rings. The topological polar surface area (TPSA) is 108 Å². The number of nitrogens with one attached hydrogen (secondary N) is 3. The molecule has 36 heavy (non-hydrogen) atoms. The van der Waals surface area contributed by atoms with Gasteiger partial charge < -0.3 is 25.8 Å². The Balaban J connectivity index is 1.57. The highest BCUT2D eigenvalue weighted by Gasteiger charge is 2.19. The summed E-state index contributed by atoms with van der Waals surface area (Å²) >= 11 is 0. The maximum Gasteiger partial charge on any atom is 0.255 e. The van der Waals surface area contributed by atoms with Crippen LogP contribution in [-0.2, 0) is 0 Å². The monoisotopic (exact) mass is 481 g/mol. The zero-order valence-electron chi connectivity index (χ0n) is 20.9. The van der Waals surface area contributed by atoms with Crippen LogP contribution < -0.4 is 15.5 Å². The van der Waals surface area contributed by atoms with Crippen LogP contribution in [0, 0.1) is 16.7 Å². The number of hydrogen-bond donors (Lipinski definition) is 3. The maximum absolute atomic E-state index is 13.2. The fourth-order valence-corrected chi connectivity index (χ4v) is 4.41. The van der Waals surface area contributed by atoms with Crippen molar-refractivity contribution in [3.05, 3.63) is 77.0 Å². The van der Waals surface area contributed by atoms with Gasteiger partial charge in [-0.3, -0.25) is 4.79 Å². The first-order valence-electron chi connectivity index (χ1n) is 12.0. The van der Waals surface area contributed by atoms with Gasteiger partial charge in [-0.15, -0.1) is 0 Å². The molecule has 1 aliphatic rings. The predicted octanol–water partition coefficient (Wildman–Crippen LogP) is 4.82. The standard InChI is InChI=1S/C28H31N7O/c1-19(2)27-21(18-30)5-4-6-24(27)28(36)33-22-8-7-20(17-29)25(15-22)32-23-9-10-31-26(16-23)35-13-11-34(3)12-14-35/h4-10,15-17,19,29H,11-14H2,1-3H3,(H,31,32)(H,33,36). The second-order valence-corrected chi connectivity index (χ2v) is 9.25. The van der Waals surface area contributed by atoms with Gasteiger partial charge in [0.05, 0.1) is 11.6 Å². The molecule has 4 rings (SSSR count). The van der Waals surface area contributed by atoms with E-state index in [1.165, 1.54) is 6.21 Å². The molecule has 2 aromatic carbocycles. The predicted molar refractivity (Wildman–Crippen MR) is 145 cm³/mol. The lowest BCUT2D eigenvalue weighted by Crippen LogP contribution is -2.44. The number of carbonyl (C=O) groups excluding carboxylic acids is 1. The Morgan fingerprint density at radius 3 is 2.58 bits per heavy atom. The number of rotatable bonds is 7. The molecule has 1 aromatic heterocycles. The molecule has 0 radical (unpaired) electrons. The van der Waals surface area contributed by atoms with Gasteiger partial charge in [0.15, 0.2) is 0 Å². The average Bonchev–Trinajstić information content (AvgIpc) is 2.89. The summed E-state index contributed by atoms with van der Waals surface area (Å²) in [5.74, 6) is 0.665. The summed E-state index contributed by atoms with van der Waals surface area (Å²) in [4.78, 5) is 22.3. The Labute approximate surface area is 212 Å². The Bertz CT molecular complexity index is 1300. The molecule has 0 spiro atoms. The van der Waals surface area contributed by atoms with Gasteiger partial charge in [-0.05, 0) is 54.9 Å². The van der Waals surface area contributed by atoms with Crippen LogP contribution in [0.25, 0.3) is 0 Å². The van der Waals surface area contributed by atoms with Gasteiger partial charge >= 0.3 is 0 Å². The molecule has 0 saturated carbocycles. The molecule has 1 aliphatic heterocycles. The fraction of sp³-hybridized carbons (Fsp3) is 0.286. The van der Waals surface area contributed by atoms with E-state index in [0.29, 0.717) is 28.1 Å². The smallest absolute Gasteiger partial charge is 0.255 e. The van der Waals surface area contributed by atoms with Crippen LogP contribution in [0.4, 0.5) is 22.9 Å². The third-order valence-corrected chi connectivity index (χ3v) is 6.37. The number of amides is 1. The summed E-state index contributed by atoms with van der Waals surface area (Å²) in [5, 5.41) is 23.7. The average molecular weight is 482 g/mol.